The van der Waals surface area contributed by atoms with Crippen LogP contribution in [-0.4, -0.2) is 184 Å². The molecule has 0 saturated carbocycles. The van der Waals surface area contributed by atoms with Crippen LogP contribution >= 0.6 is 0 Å². The van der Waals surface area contributed by atoms with Crippen molar-refractivity contribution in [3.8, 4) is 0 Å². The molecule has 0 bridgehead atoms. The number of nitrogens with one attached hydrogen (secondary N) is 2. The number of benzene rings is 2. The molecule has 7 rings (SSSR count). The molecule has 0 radical (unpaired) electrons. The third-order valence-corrected chi connectivity index (χ3v) is 26.3. The van der Waals surface area contributed by atoms with Gasteiger partial charge in [-0.15, -0.1) is 0 Å². The van der Waals surface area contributed by atoms with Gasteiger partial charge in [-0.1, -0.05) is 352 Å². The van der Waals surface area contributed by atoms with Crippen LogP contribution in [0.1, 0.15) is 371 Å². The van der Waals surface area contributed by atoms with Crippen LogP contribution in [0, 0.1) is 5.41 Å². The third-order valence-electron chi connectivity index (χ3n) is 26.3. The summed E-state index contributed by atoms with van der Waals surface area (Å²) in [7, 11) is 0. The number of rotatable bonds is 6. The van der Waals surface area contributed by atoms with Crippen molar-refractivity contribution < 1.29 is 65.2 Å². The molecule has 0 aliphatic carbocycles. The highest BCUT2D eigenvalue weighted by molar-refractivity contribution is 5.80. The molecule has 2 spiro atoms. The number of likely N-dealkylation sites (tertiary alicyclic amines) is 1. The minimum absolute atomic E-state index is 0.0180. The number of piperazine rings is 2. The molecule has 2 aromatic rings. The highest BCUT2D eigenvalue weighted by Crippen LogP contribution is 2.55. The van der Waals surface area contributed by atoms with Gasteiger partial charge in [0.15, 0.2) is 11.9 Å². The molecule has 0 aromatic heterocycles. The van der Waals surface area contributed by atoms with Crippen LogP contribution in [0.2, 0.25) is 0 Å². The standard InChI is InChI=1S/C94H160F6N14O8/c95-93(96,97)91(119)64-52-48-44-40-36-32-28-24-20-16-10-8-6-4-2-1-3-5-7-9-13-17-21-25-29-33-37-41-45-49-61-89(75-114(78-121-91)88(118)112-71-67-110(68-72-112)86(116)106-74-80-55-59-82(60-56-80)108-84(103)104)62-50-46-42-38-34-30-26-22-18-14-11-12-15-19-23-27-31-35-39-43-47-51-63-90(122-92(89,120)94(98,99)100)76-113(77-90)87(117)111-69-65-109(66-70-111)85(115)105-73-79-53-57-81(58-54-79)107-83(101)102/h53-60,119-120H,1-52,61-78H2,(H,105,115)(H,106,116)(H4,101,102,107)(H4,103,104,108)/t89?,91?,92-/m0/s1. The zero-order valence-corrected chi connectivity index (χ0v) is 74.6. The van der Waals surface area contributed by atoms with Crippen molar-refractivity contribution in [3.05, 3.63) is 59.7 Å². The fourth-order valence-corrected chi connectivity index (χ4v) is 18.7. The first-order valence-corrected chi connectivity index (χ1v) is 48.3. The molecular formula is C94H160F6N14O8. The normalized spacial score (nSPS) is 24.6. The molecule has 28 heteroatoms. The number of hydrogen-bond acceptors (Lipinski definition) is 10. The van der Waals surface area contributed by atoms with Gasteiger partial charge in [-0.2, -0.15) is 26.3 Å². The molecule has 12 N–H and O–H groups in total. The van der Waals surface area contributed by atoms with E-state index in [0.717, 1.165) is 144 Å². The second kappa shape index (κ2) is 56.5. The number of ether oxygens (including phenoxy) is 2. The van der Waals surface area contributed by atoms with Crippen LogP contribution < -0.4 is 33.6 Å². The van der Waals surface area contributed by atoms with Crippen molar-refractivity contribution in [3.63, 3.8) is 0 Å². The maximum absolute atomic E-state index is 17.8. The minimum atomic E-state index is -5.62. The van der Waals surface area contributed by atoms with E-state index in [4.69, 9.17) is 32.4 Å². The predicted molar refractivity (Wildman–Crippen MR) is 476 cm³/mol. The van der Waals surface area contributed by atoms with Gasteiger partial charge in [0.05, 0.1) is 29.9 Å². The average Bonchev–Trinajstić information content (AvgIpc) is 0.716. The van der Waals surface area contributed by atoms with Crippen molar-refractivity contribution in [2.75, 3.05) is 78.7 Å². The monoisotopic (exact) mass is 1730 g/mol. The van der Waals surface area contributed by atoms with Crippen molar-refractivity contribution in [2.24, 2.45) is 38.3 Å². The lowest BCUT2D eigenvalue weighted by Gasteiger charge is -2.58. The summed E-state index contributed by atoms with van der Waals surface area (Å²) in [6.07, 6.45) is 37.7. The second-order valence-corrected chi connectivity index (χ2v) is 36.4. The number of carbonyl (C=O) groups excluding carboxylic acids is 4. The summed E-state index contributed by atoms with van der Waals surface area (Å²) >= 11 is 0. The van der Waals surface area contributed by atoms with Gasteiger partial charge in [-0.3, -0.25) is 0 Å². The Morgan fingerprint density at radius 1 is 0.336 bits per heavy atom. The smallest absolute Gasteiger partial charge is 0.370 e. The molecule has 2 aromatic carbocycles. The quantitative estimate of drug-likeness (QED) is 0.0761. The Morgan fingerprint density at radius 2 is 0.590 bits per heavy atom. The predicted octanol–water partition coefficient (Wildman–Crippen LogP) is 21.8. The van der Waals surface area contributed by atoms with E-state index in [1.54, 1.807) is 58.3 Å². The Labute approximate surface area is 728 Å². The highest BCUT2D eigenvalue weighted by Gasteiger charge is 2.71. The van der Waals surface area contributed by atoms with Gasteiger partial charge < -0.3 is 82.7 Å². The van der Waals surface area contributed by atoms with Gasteiger partial charge in [-0.25, -0.2) is 29.2 Å². The van der Waals surface area contributed by atoms with Crippen LogP contribution in [0.3, 0.4) is 0 Å². The van der Waals surface area contributed by atoms with Crippen molar-refractivity contribution in [1.82, 2.24) is 40.0 Å². The maximum Gasteiger partial charge on any atom is 0.443 e. The molecule has 5 aliphatic rings. The van der Waals surface area contributed by atoms with Gasteiger partial charge in [0, 0.05) is 78.4 Å². The van der Waals surface area contributed by atoms with E-state index in [2.05, 4.69) is 20.6 Å². The fraction of sp³-hybridized carbons (Fsp3) is 0.809. The summed E-state index contributed by atoms with van der Waals surface area (Å²) in [6.45, 7) is -2.60. The van der Waals surface area contributed by atoms with Crippen LogP contribution in [-0.2, 0) is 22.6 Å². The molecule has 8 amide bonds. The number of aliphatic imine (C=N–C) groups is 2. The molecular weight excluding hydrogens is 1570 g/mol. The Bertz CT molecular complexity index is 3260. The van der Waals surface area contributed by atoms with Gasteiger partial charge in [0.1, 0.15) is 12.3 Å². The van der Waals surface area contributed by atoms with E-state index in [-0.39, 0.29) is 135 Å². The molecule has 696 valence electrons. The van der Waals surface area contributed by atoms with E-state index in [1.165, 1.54) is 150 Å². The van der Waals surface area contributed by atoms with Gasteiger partial charge in [0.2, 0.25) is 0 Å². The number of hydrogen-bond donors (Lipinski definition) is 8. The van der Waals surface area contributed by atoms with Crippen LogP contribution in [0.15, 0.2) is 58.5 Å². The first kappa shape index (κ1) is 103. The Morgan fingerprint density at radius 3 is 0.861 bits per heavy atom. The molecule has 122 heavy (non-hydrogen) atoms. The van der Waals surface area contributed by atoms with E-state index in [0.29, 0.717) is 62.7 Å². The molecule has 22 nitrogen and oxygen atoms in total. The lowest BCUT2D eigenvalue weighted by Crippen LogP contribution is -2.74. The Balaban J connectivity index is 1.23. The number of alkyl halides is 6. The summed E-state index contributed by atoms with van der Waals surface area (Å²) in [5.74, 6) is -8.16. The van der Waals surface area contributed by atoms with E-state index in [9.17, 15) is 24.6 Å². The number of nitrogens with zero attached hydrogens (tertiary/aromatic N) is 8. The summed E-state index contributed by atoms with van der Waals surface area (Å²) in [6, 6.07) is 11.6. The maximum atomic E-state index is 17.8. The number of aliphatic hydroxyl groups is 2. The van der Waals surface area contributed by atoms with Gasteiger partial charge in [0.25, 0.3) is 11.6 Å². The van der Waals surface area contributed by atoms with Gasteiger partial charge in [-0.05, 0) is 61.1 Å². The molecule has 5 saturated heterocycles. The van der Waals surface area contributed by atoms with E-state index in [1.807, 2.05) is 0 Å². The van der Waals surface area contributed by atoms with E-state index >= 15 is 31.1 Å². The Kier molecular flexibility index (Phi) is 47.5. The average molecular weight is 1730 g/mol. The van der Waals surface area contributed by atoms with Crippen LogP contribution in [0.4, 0.5) is 56.9 Å². The lowest BCUT2D eigenvalue weighted by atomic mass is 9.69. The molecule has 5 aliphatic heterocycles. The highest BCUT2D eigenvalue weighted by atomic mass is 19.4. The SMILES string of the molecule is NC(N)=Nc1ccc(CNC(=O)N2CCN(C(=O)N3CC4(CCCCCCCCCCCCCCCCCCCCCCCCC5(CCCCCCCCCCCCCCCCCCCCCCCCCCCCCCCCC(O)(C(F)(F)F)OCN(C(=O)N6CCN(C(=O)NCc7ccc(N=C(N)N)cc7)CC6)C5)[C@@](O)(C(F)(F)F)O4)C3)CC2)cc1. The van der Waals surface area contributed by atoms with Crippen LogP contribution in [0.5, 0.6) is 0 Å². The summed E-state index contributed by atoms with van der Waals surface area (Å²) < 4.78 is 114. The minimum Gasteiger partial charge on any atom is -0.370 e. The topological polar surface area (TPSA) is 300 Å². The lowest BCUT2D eigenvalue weighted by molar-refractivity contribution is -0.445. The zero-order valence-electron chi connectivity index (χ0n) is 74.6. The second-order valence-electron chi connectivity index (χ2n) is 36.4. The van der Waals surface area contributed by atoms with Gasteiger partial charge >= 0.3 is 36.5 Å². The fourth-order valence-electron chi connectivity index (χ4n) is 18.7. The molecule has 5 fully saturated rings. The van der Waals surface area contributed by atoms with Crippen molar-refractivity contribution in [1.29, 1.82) is 0 Å². The number of guanidine groups is 2. The summed E-state index contributed by atoms with van der Waals surface area (Å²) in [4.78, 5) is 74.6. The number of halogens is 6. The largest absolute Gasteiger partial charge is 0.443 e. The third kappa shape index (κ3) is 37.6. The molecule has 5 heterocycles. The first-order valence-electron chi connectivity index (χ1n) is 48.3. The number of urea groups is 4. The van der Waals surface area contributed by atoms with Crippen LogP contribution in [0.25, 0.3) is 0 Å². The van der Waals surface area contributed by atoms with Crippen molar-refractivity contribution in [2.45, 2.75) is 402 Å². The number of amides is 8. The number of carbonyl (C=O) groups is 4. The Hall–Kier alpha value is -6.52. The molecule has 2 unspecified atom stereocenters. The summed E-state index contributed by atoms with van der Waals surface area (Å²) in [5, 5.41) is 31.8. The molecule has 3 atom stereocenters. The van der Waals surface area contributed by atoms with E-state index < -0.39 is 72.7 Å². The van der Waals surface area contributed by atoms with Crippen molar-refractivity contribution >= 4 is 47.4 Å². The first-order chi connectivity index (χ1) is 58.8. The zero-order chi connectivity index (χ0) is 87.6. The summed E-state index contributed by atoms with van der Waals surface area (Å²) in [5.41, 5.74) is 20.5. The number of nitrogens with two attached hydrogens (primary N) is 4.